The topological polar surface area (TPSA) is 50.4 Å². The highest BCUT2D eigenvalue weighted by Crippen LogP contribution is 1.97. The minimum Gasteiger partial charge on any atom is -0.450 e. The summed E-state index contributed by atoms with van der Waals surface area (Å²) in [6.45, 7) is 2.75. The van der Waals surface area contributed by atoms with Crippen LogP contribution in [0.3, 0.4) is 0 Å². The molecule has 0 saturated heterocycles. The second-order valence-electron chi connectivity index (χ2n) is 3.34. The molecule has 1 aromatic rings. The lowest BCUT2D eigenvalue weighted by Crippen LogP contribution is -2.40. The van der Waals surface area contributed by atoms with E-state index in [-0.39, 0.29) is 0 Å². The van der Waals surface area contributed by atoms with Gasteiger partial charge in [-0.2, -0.15) is 0 Å². The van der Waals surface area contributed by atoms with Gasteiger partial charge in [-0.1, -0.05) is 30.3 Å². The zero-order valence-electron chi connectivity index (χ0n) is 9.73. The average molecular weight is 252 g/mol. The van der Waals surface area contributed by atoms with E-state index in [2.05, 4.69) is 10.6 Å². The van der Waals surface area contributed by atoms with Crippen LogP contribution in [0.25, 0.3) is 0 Å². The first-order valence-corrected chi connectivity index (χ1v) is 5.88. The van der Waals surface area contributed by atoms with Crippen LogP contribution >= 0.6 is 12.2 Å². The molecule has 17 heavy (non-hydrogen) atoms. The highest BCUT2D eigenvalue weighted by molar-refractivity contribution is 7.80. The Balaban J connectivity index is 2.18. The van der Waals surface area contributed by atoms with Gasteiger partial charge in [0.25, 0.3) is 0 Å². The number of thiocarbonyl (C=S) groups is 1. The zero-order valence-corrected chi connectivity index (χ0v) is 10.5. The van der Waals surface area contributed by atoms with Gasteiger partial charge in [-0.3, -0.25) is 5.32 Å². The maximum atomic E-state index is 11.0. The average Bonchev–Trinajstić information content (AvgIpc) is 2.30. The predicted octanol–water partition coefficient (Wildman–Crippen LogP) is 1.85. The van der Waals surface area contributed by atoms with Crippen LogP contribution in [0.2, 0.25) is 0 Å². The number of hydrogen-bond donors (Lipinski definition) is 2. The molecule has 0 aliphatic rings. The van der Waals surface area contributed by atoms with E-state index in [0.717, 1.165) is 6.42 Å². The molecule has 0 saturated carbocycles. The monoisotopic (exact) mass is 252 g/mol. The van der Waals surface area contributed by atoms with Crippen molar-refractivity contribution in [2.45, 2.75) is 13.3 Å². The molecule has 5 heteroatoms. The van der Waals surface area contributed by atoms with E-state index >= 15 is 0 Å². The molecule has 0 aliphatic carbocycles. The van der Waals surface area contributed by atoms with Gasteiger partial charge in [-0.05, 0) is 31.1 Å². The number of alkyl carbamates (subject to hydrolysis) is 1. The Kier molecular flexibility index (Phi) is 6.03. The molecule has 0 unspecified atom stereocenters. The number of carbonyl (C=O) groups is 1. The van der Waals surface area contributed by atoms with E-state index in [1.807, 2.05) is 30.3 Å². The van der Waals surface area contributed by atoms with Gasteiger partial charge in [0.1, 0.15) is 0 Å². The van der Waals surface area contributed by atoms with Gasteiger partial charge in [0.2, 0.25) is 0 Å². The molecule has 0 bridgehead atoms. The first kappa shape index (κ1) is 13.4. The van der Waals surface area contributed by atoms with Gasteiger partial charge in [0.15, 0.2) is 5.11 Å². The summed E-state index contributed by atoms with van der Waals surface area (Å²) in [5.41, 5.74) is 1.22. The van der Waals surface area contributed by atoms with Crippen molar-refractivity contribution >= 4 is 23.4 Å². The Bertz CT molecular complexity index is 368. The van der Waals surface area contributed by atoms with Crippen LogP contribution in [0.5, 0.6) is 0 Å². The fraction of sp³-hybridized carbons (Fsp3) is 0.333. The molecule has 0 atom stereocenters. The molecule has 1 rings (SSSR count). The second kappa shape index (κ2) is 7.62. The minimum absolute atomic E-state index is 0.291. The quantitative estimate of drug-likeness (QED) is 0.803. The van der Waals surface area contributed by atoms with Gasteiger partial charge >= 0.3 is 6.09 Å². The molecule has 0 aliphatic heterocycles. The zero-order chi connectivity index (χ0) is 12.5. The van der Waals surface area contributed by atoms with Crippen LogP contribution < -0.4 is 10.6 Å². The normalized spacial score (nSPS) is 9.47. The smallest absolute Gasteiger partial charge is 0.413 e. The number of benzene rings is 1. The summed E-state index contributed by atoms with van der Waals surface area (Å²) in [6, 6.07) is 10.0. The lowest BCUT2D eigenvalue weighted by atomic mass is 10.1. The molecular formula is C12H16N2O2S. The molecule has 1 amide bonds. The lowest BCUT2D eigenvalue weighted by Gasteiger charge is -2.09. The maximum absolute atomic E-state index is 11.0. The fourth-order valence-electron chi connectivity index (χ4n) is 1.27. The van der Waals surface area contributed by atoms with Crippen molar-refractivity contribution in [3.05, 3.63) is 35.9 Å². The van der Waals surface area contributed by atoms with Crippen molar-refractivity contribution in [2.24, 2.45) is 0 Å². The largest absolute Gasteiger partial charge is 0.450 e. The molecule has 0 radical (unpaired) electrons. The summed E-state index contributed by atoms with van der Waals surface area (Å²) in [7, 11) is 0. The molecule has 4 nitrogen and oxygen atoms in total. The fourth-order valence-corrected chi connectivity index (χ4v) is 1.45. The van der Waals surface area contributed by atoms with Crippen molar-refractivity contribution in [3.8, 4) is 0 Å². The first-order valence-electron chi connectivity index (χ1n) is 5.48. The second-order valence-corrected chi connectivity index (χ2v) is 3.75. The van der Waals surface area contributed by atoms with Gasteiger partial charge in [-0.15, -0.1) is 0 Å². The Hall–Kier alpha value is -1.62. The Morgan fingerprint density at radius 2 is 2.06 bits per heavy atom. The standard InChI is InChI=1S/C12H16N2O2S/c1-2-16-12(15)14-11(17)13-9-8-10-6-4-3-5-7-10/h3-7H,2,8-9H2,1H3,(H2,13,14,15,17). The van der Waals surface area contributed by atoms with E-state index in [4.69, 9.17) is 17.0 Å². The van der Waals surface area contributed by atoms with Crippen molar-refractivity contribution in [2.75, 3.05) is 13.2 Å². The third-order valence-electron chi connectivity index (χ3n) is 2.03. The Labute approximate surface area is 106 Å². The Morgan fingerprint density at radius 3 is 2.71 bits per heavy atom. The van der Waals surface area contributed by atoms with Gasteiger partial charge in [-0.25, -0.2) is 4.79 Å². The van der Waals surface area contributed by atoms with Crippen LogP contribution in [-0.4, -0.2) is 24.4 Å². The molecular weight excluding hydrogens is 236 g/mol. The summed E-state index contributed by atoms with van der Waals surface area (Å²) in [4.78, 5) is 11.0. The number of carbonyl (C=O) groups excluding carboxylic acids is 1. The third kappa shape index (κ3) is 5.87. The number of rotatable bonds is 4. The van der Waals surface area contributed by atoms with Crippen molar-refractivity contribution in [1.82, 2.24) is 10.6 Å². The molecule has 92 valence electrons. The number of hydrogen-bond acceptors (Lipinski definition) is 3. The van der Waals surface area contributed by atoms with E-state index in [0.29, 0.717) is 18.3 Å². The van der Waals surface area contributed by atoms with Crippen LogP contribution in [0.1, 0.15) is 12.5 Å². The maximum Gasteiger partial charge on any atom is 0.413 e. The number of ether oxygens (including phenoxy) is 1. The van der Waals surface area contributed by atoms with E-state index in [9.17, 15) is 4.79 Å². The van der Waals surface area contributed by atoms with Gasteiger partial charge in [0.05, 0.1) is 6.61 Å². The highest BCUT2D eigenvalue weighted by Gasteiger charge is 2.03. The van der Waals surface area contributed by atoms with Gasteiger partial charge < -0.3 is 10.1 Å². The molecule has 0 heterocycles. The summed E-state index contributed by atoms with van der Waals surface area (Å²) in [6.07, 6.45) is 0.329. The van der Waals surface area contributed by atoms with Crippen molar-refractivity contribution < 1.29 is 9.53 Å². The number of nitrogens with one attached hydrogen (secondary N) is 2. The van der Waals surface area contributed by atoms with Gasteiger partial charge in [0, 0.05) is 6.54 Å². The predicted molar refractivity (Wildman–Crippen MR) is 70.9 cm³/mol. The summed E-state index contributed by atoms with van der Waals surface area (Å²) in [5.74, 6) is 0. The number of amides is 1. The summed E-state index contributed by atoms with van der Waals surface area (Å²) >= 11 is 4.94. The molecule has 0 spiro atoms. The molecule has 0 aromatic heterocycles. The first-order chi connectivity index (χ1) is 8.22. The van der Waals surface area contributed by atoms with Crippen LogP contribution in [0.4, 0.5) is 4.79 Å². The molecule has 0 fully saturated rings. The highest BCUT2D eigenvalue weighted by atomic mass is 32.1. The lowest BCUT2D eigenvalue weighted by molar-refractivity contribution is 0.157. The minimum atomic E-state index is -0.523. The van der Waals surface area contributed by atoms with Crippen molar-refractivity contribution in [1.29, 1.82) is 0 Å². The van der Waals surface area contributed by atoms with E-state index < -0.39 is 6.09 Å². The van der Waals surface area contributed by atoms with Crippen molar-refractivity contribution in [3.63, 3.8) is 0 Å². The molecule has 1 aromatic carbocycles. The Morgan fingerprint density at radius 1 is 1.35 bits per heavy atom. The SMILES string of the molecule is CCOC(=O)NC(=S)NCCc1ccccc1. The van der Waals surface area contributed by atoms with E-state index in [1.54, 1.807) is 6.92 Å². The van der Waals surface area contributed by atoms with E-state index in [1.165, 1.54) is 5.56 Å². The summed E-state index contributed by atoms with van der Waals surface area (Å²) in [5, 5.41) is 5.66. The van der Waals surface area contributed by atoms with Crippen LogP contribution in [0.15, 0.2) is 30.3 Å². The molecule has 2 N–H and O–H groups in total. The third-order valence-corrected chi connectivity index (χ3v) is 2.28. The summed E-state index contributed by atoms with van der Waals surface area (Å²) < 4.78 is 4.70. The van der Waals surface area contributed by atoms with Crippen LogP contribution in [-0.2, 0) is 11.2 Å². The van der Waals surface area contributed by atoms with Crippen LogP contribution in [0, 0.1) is 0 Å².